The number of hydrogen-bond donors (Lipinski definition) is 0. The lowest BCUT2D eigenvalue weighted by atomic mass is 10.1. The van der Waals surface area contributed by atoms with Crippen molar-refractivity contribution in [1.29, 1.82) is 0 Å². The Hall–Kier alpha value is -1.66. The fraction of sp³-hybridized carbons (Fsp3) is 0.278. The molecule has 3 rings (SSSR count). The highest BCUT2D eigenvalue weighted by atomic mass is 31.1. The summed E-state index contributed by atoms with van der Waals surface area (Å²) in [5.41, 5.74) is 1.02. The highest BCUT2D eigenvalue weighted by Crippen LogP contribution is 2.31. The second-order valence-electron chi connectivity index (χ2n) is 5.93. The van der Waals surface area contributed by atoms with Crippen molar-refractivity contribution in [3.8, 4) is 0 Å². The van der Waals surface area contributed by atoms with Crippen molar-refractivity contribution in [2.75, 3.05) is 13.3 Å². The lowest BCUT2D eigenvalue weighted by molar-refractivity contribution is 0.279. The molecule has 1 atom stereocenters. The third-order valence-corrected chi connectivity index (χ3v) is 5.79. The number of nitrogens with zero attached hydrogens (tertiary/aromatic N) is 1. The zero-order chi connectivity index (χ0) is 14.9. The Morgan fingerprint density at radius 1 is 1.00 bits per heavy atom. The van der Waals surface area contributed by atoms with E-state index in [0.717, 1.165) is 11.5 Å². The highest BCUT2D eigenvalue weighted by molar-refractivity contribution is 7.72. The summed E-state index contributed by atoms with van der Waals surface area (Å²) in [4.78, 5) is 4.73. The molecule has 21 heavy (non-hydrogen) atoms. The molecule has 0 aliphatic carbocycles. The third-order valence-electron chi connectivity index (χ3n) is 3.61. The second-order valence-corrected chi connectivity index (χ2v) is 8.05. The molecule has 0 amide bonds. The quantitative estimate of drug-likeness (QED) is 0.797. The van der Waals surface area contributed by atoms with E-state index in [1.807, 2.05) is 0 Å². The highest BCUT2D eigenvalue weighted by Gasteiger charge is 2.28. The van der Waals surface area contributed by atoms with Gasteiger partial charge in [-0.05, 0) is 45.1 Å². The zero-order valence-corrected chi connectivity index (χ0v) is 13.6. The van der Waals surface area contributed by atoms with E-state index in [9.17, 15) is 0 Å². The van der Waals surface area contributed by atoms with Crippen LogP contribution < -0.4 is 10.6 Å². The molecular weight excluding hydrogens is 277 g/mol. The van der Waals surface area contributed by atoms with Gasteiger partial charge in [-0.25, -0.2) is 4.99 Å². The molecule has 0 aromatic heterocycles. The summed E-state index contributed by atoms with van der Waals surface area (Å²) in [6, 6.07) is 19.1. The van der Waals surface area contributed by atoms with Crippen molar-refractivity contribution in [1.82, 2.24) is 0 Å². The van der Waals surface area contributed by atoms with E-state index >= 15 is 0 Å². The standard InChI is InChI=1S/C18H20NOP/c1-18(2)13-20-17(19-18)15-11-7-8-12-16(15)21(3)14-9-5-4-6-10-14/h4-12H,13H2,1-3H3/t21-/m0/s1. The minimum Gasteiger partial charge on any atom is -0.475 e. The van der Waals surface area contributed by atoms with Crippen molar-refractivity contribution < 1.29 is 4.74 Å². The summed E-state index contributed by atoms with van der Waals surface area (Å²) >= 11 is 0. The van der Waals surface area contributed by atoms with Gasteiger partial charge in [0, 0.05) is 5.56 Å². The first-order chi connectivity index (χ1) is 10.1. The summed E-state index contributed by atoms with van der Waals surface area (Å²) in [7, 11) is -0.399. The first-order valence-electron chi connectivity index (χ1n) is 7.18. The SMILES string of the molecule is C[P@@](c1ccccc1)c1ccccc1C1=NC(C)(C)CO1. The van der Waals surface area contributed by atoms with Crippen LogP contribution in [0.4, 0.5) is 0 Å². The van der Waals surface area contributed by atoms with Gasteiger partial charge in [0.25, 0.3) is 0 Å². The Bertz CT molecular complexity index is 664. The predicted molar refractivity (Wildman–Crippen MR) is 91.6 cm³/mol. The molecule has 108 valence electrons. The molecule has 2 nitrogen and oxygen atoms in total. The molecule has 1 aliphatic heterocycles. The van der Waals surface area contributed by atoms with Crippen LogP contribution in [0.5, 0.6) is 0 Å². The van der Waals surface area contributed by atoms with Crippen molar-refractivity contribution >= 4 is 24.4 Å². The fourth-order valence-corrected chi connectivity index (χ4v) is 4.20. The molecule has 3 heteroatoms. The van der Waals surface area contributed by atoms with Crippen LogP contribution in [-0.4, -0.2) is 24.7 Å². The Morgan fingerprint density at radius 3 is 2.33 bits per heavy atom. The number of hydrogen-bond acceptors (Lipinski definition) is 2. The smallest absolute Gasteiger partial charge is 0.217 e. The Labute approximate surface area is 127 Å². The van der Waals surface area contributed by atoms with Gasteiger partial charge in [-0.1, -0.05) is 48.5 Å². The largest absolute Gasteiger partial charge is 0.475 e. The van der Waals surface area contributed by atoms with E-state index in [0.29, 0.717) is 6.61 Å². The van der Waals surface area contributed by atoms with Gasteiger partial charge in [0.15, 0.2) is 0 Å². The van der Waals surface area contributed by atoms with Gasteiger partial charge in [0.2, 0.25) is 5.90 Å². The van der Waals surface area contributed by atoms with Crippen LogP contribution >= 0.6 is 7.92 Å². The van der Waals surface area contributed by atoms with E-state index in [4.69, 9.17) is 9.73 Å². The zero-order valence-electron chi connectivity index (χ0n) is 12.7. The van der Waals surface area contributed by atoms with E-state index in [-0.39, 0.29) is 5.54 Å². The number of ether oxygens (including phenoxy) is 1. The first-order valence-corrected chi connectivity index (χ1v) is 8.96. The lowest BCUT2D eigenvalue weighted by Gasteiger charge is -2.17. The number of aliphatic imine (C=N–C) groups is 1. The molecule has 2 aromatic rings. The molecule has 1 aliphatic rings. The second kappa shape index (κ2) is 5.61. The maximum absolute atomic E-state index is 5.84. The van der Waals surface area contributed by atoms with Gasteiger partial charge < -0.3 is 4.74 Å². The van der Waals surface area contributed by atoms with Crippen LogP contribution in [0.25, 0.3) is 0 Å². The van der Waals surface area contributed by atoms with Gasteiger partial charge >= 0.3 is 0 Å². The third kappa shape index (κ3) is 3.01. The molecule has 0 saturated heterocycles. The normalized spacial score (nSPS) is 18.0. The maximum Gasteiger partial charge on any atom is 0.217 e. The molecular formula is C18H20NOP. The van der Waals surface area contributed by atoms with Crippen LogP contribution in [0, 0.1) is 0 Å². The molecule has 0 unspecified atom stereocenters. The van der Waals surface area contributed by atoms with Crippen molar-refractivity contribution in [3.05, 3.63) is 60.2 Å². The Kier molecular flexibility index (Phi) is 3.82. The summed E-state index contributed by atoms with van der Waals surface area (Å²) in [5.74, 6) is 0.792. The van der Waals surface area contributed by atoms with Crippen LogP contribution in [0.3, 0.4) is 0 Å². The summed E-state index contributed by atoms with van der Waals surface area (Å²) in [6.07, 6.45) is 0. The van der Waals surface area contributed by atoms with Gasteiger partial charge in [-0.3, -0.25) is 0 Å². The topological polar surface area (TPSA) is 21.6 Å². The van der Waals surface area contributed by atoms with Crippen LogP contribution in [0.1, 0.15) is 19.4 Å². The fourth-order valence-electron chi connectivity index (χ4n) is 2.46. The molecule has 0 spiro atoms. The molecule has 0 bridgehead atoms. The van der Waals surface area contributed by atoms with Gasteiger partial charge in [-0.2, -0.15) is 0 Å². The number of benzene rings is 2. The summed E-state index contributed by atoms with van der Waals surface area (Å²) in [5, 5.41) is 2.70. The molecule has 0 saturated carbocycles. The summed E-state index contributed by atoms with van der Waals surface area (Å²) in [6.45, 7) is 7.16. The molecule has 0 radical (unpaired) electrons. The van der Waals surface area contributed by atoms with Gasteiger partial charge in [0.1, 0.15) is 6.61 Å². The Morgan fingerprint density at radius 2 is 1.67 bits per heavy atom. The lowest BCUT2D eigenvalue weighted by Crippen LogP contribution is -2.19. The van der Waals surface area contributed by atoms with E-state index in [1.54, 1.807) is 0 Å². The van der Waals surface area contributed by atoms with Gasteiger partial charge in [-0.15, -0.1) is 0 Å². The van der Waals surface area contributed by atoms with Crippen LogP contribution in [0.15, 0.2) is 59.6 Å². The van der Waals surface area contributed by atoms with E-state index in [1.165, 1.54) is 10.6 Å². The minimum absolute atomic E-state index is 0.119. The number of rotatable bonds is 3. The van der Waals surface area contributed by atoms with Crippen LogP contribution in [-0.2, 0) is 4.74 Å². The van der Waals surface area contributed by atoms with E-state index in [2.05, 4.69) is 75.1 Å². The molecule has 1 heterocycles. The van der Waals surface area contributed by atoms with Crippen molar-refractivity contribution in [2.45, 2.75) is 19.4 Å². The monoisotopic (exact) mass is 297 g/mol. The average Bonchev–Trinajstić information content (AvgIpc) is 2.87. The molecule has 0 fully saturated rings. The van der Waals surface area contributed by atoms with E-state index < -0.39 is 7.92 Å². The predicted octanol–water partition coefficient (Wildman–Crippen LogP) is 3.30. The first kappa shape index (κ1) is 14.3. The molecule has 0 N–H and O–H groups in total. The summed E-state index contributed by atoms with van der Waals surface area (Å²) < 4.78 is 5.84. The minimum atomic E-state index is -0.399. The van der Waals surface area contributed by atoms with Crippen molar-refractivity contribution in [3.63, 3.8) is 0 Å². The van der Waals surface area contributed by atoms with Crippen molar-refractivity contribution in [2.24, 2.45) is 4.99 Å². The van der Waals surface area contributed by atoms with Crippen LogP contribution in [0.2, 0.25) is 0 Å². The van der Waals surface area contributed by atoms with Gasteiger partial charge in [0.05, 0.1) is 5.54 Å². The Balaban J connectivity index is 2.01. The maximum atomic E-state index is 5.84. The average molecular weight is 297 g/mol. The molecule has 2 aromatic carbocycles.